The van der Waals surface area contributed by atoms with Gasteiger partial charge < -0.3 is 15.0 Å². The SMILES string of the molecule is CCCN(C)C.CCOc1cncc(-c2cnc(C(=O)NCc3cc(NS(=O)(=O)C4CC4)ccn3)s2)n1. The van der Waals surface area contributed by atoms with E-state index in [1.165, 1.54) is 36.7 Å². The van der Waals surface area contributed by atoms with Crippen molar-refractivity contribution in [3.8, 4) is 16.5 Å². The van der Waals surface area contributed by atoms with Gasteiger partial charge >= 0.3 is 0 Å². The van der Waals surface area contributed by atoms with Crippen LogP contribution in [0.3, 0.4) is 0 Å². The van der Waals surface area contributed by atoms with Gasteiger partial charge in [-0.3, -0.25) is 19.5 Å². The number of nitrogens with one attached hydrogen (secondary N) is 2. The minimum Gasteiger partial charge on any atom is -0.477 e. The summed E-state index contributed by atoms with van der Waals surface area (Å²) in [5.74, 6) is 0.0404. The molecule has 3 heterocycles. The van der Waals surface area contributed by atoms with E-state index in [1.807, 2.05) is 6.92 Å². The maximum Gasteiger partial charge on any atom is 0.280 e. The standard InChI is InChI=1S/C19H20N6O4S2.C5H13N/c1-2-29-17-11-20-9-15(24-17)16-10-23-19(30-16)18(26)22-8-13-7-12(5-6-21-13)25-31(27,28)14-3-4-14;1-4-5-6(2)3/h5-7,9-11,14H,2-4,8H2,1H3,(H,21,25)(H,22,26);4-5H2,1-3H3. The summed E-state index contributed by atoms with van der Waals surface area (Å²) in [6.07, 6.45) is 8.78. The van der Waals surface area contributed by atoms with Crippen LogP contribution in [0.15, 0.2) is 36.9 Å². The van der Waals surface area contributed by atoms with Gasteiger partial charge in [0.15, 0.2) is 5.01 Å². The van der Waals surface area contributed by atoms with Gasteiger partial charge in [0.05, 0.1) is 47.1 Å². The first kappa shape index (κ1) is 28.4. The normalized spacial score (nSPS) is 13.0. The molecule has 37 heavy (non-hydrogen) atoms. The molecule has 0 bridgehead atoms. The molecule has 13 heteroatoms. The van der Waals surface area contributed by atoms with E-state index in [9.17, 15) is 13.2 Å². The summed E-state index contributed by atoms with van der Waals surface area (Å²) >= 11 is 1.18. The number of hydrogen-bond acceptors (Lipinski definition) is 10. The van der Waals surface area contributed by atoms with Crippen molar-refractivity contribution in [1.82, 2.24) is 30.2 Å². The quantitative estimate of drug-likeness (QED) is 0.370. The van der Waals surface area contributed by atoms with Gasteiger partial charge in [-0.15, -0.1) is 11.3 Å². The van der Waals surface area contributed by atoms with Gasteiger partial charge in [0.1, 0.15) is 5.69 Å². The molecular weight excluding hydrogens is 514 g/mol. The molecule has 0 spiro atoms. The molecule has 2 N–H and O–H groups in total. The highest BCUT2D eigenvalue weighted by Crippen LogP contribution is 2.29. The number of ether oxygens (including phenoxy) is 1. The number of sulfonamides is 1. The first-order valence-corrected chi connectivity index (χ1v) is 14.4. The van der Waals surface area contributed by atoms with E-state index in [0.717, 1.165) is 0 Å². The van der Waals surface area contributed by atoms with Gasteiger partial charge in [-0.2, -0.15) is 0 Å². The van der Waals surface area contributed by atoms with Crippen molar-refractivity contribution in [3.05, 3.63) is 47.6 Å². The molecule has 1 saturated carbocycles. The second kappa shape index (κ2) is 13.4. The highest BCUT2D eigenvalue weighted by atomic mass is 32.2. The Kier molecular flexibility index (Phi) is 10.3. The predicted octanol–water partition coefficient (Wildman–Crippen LogP) is 3.19. The van der Waals surface area contributed by atoms with E-state index in [2.05, 4.69) is 55.9 Å². The molecule has 0 unspecified atom stereocenters. The smallest absolute Gasteiger partial charge is 0.280 e. The van der Waals surface area contributed by atoms with Crippen molar-refractivity contribution in [2.45, 2.75) is 44.9 Å². The minimum absolute atomic E-state index is 0.131. The van der Waals surface area contributed by atoms with Crippen molar-refractivity contribution >= 4 is 33.0 Å². The maximum atomic E-state index is 12.5. The van der Waals surface area contributed by atoms with Crippen LogP contribution in [0, 0.1) is 0 Å². The van der Waals surface area contributed by atoms with Crippen molar-refractivity contribution in [3.63, 3.8) is 0 Å². The fourth-order valence-corrected chi connectivity index (χ4v) is 5.31. The second-order valence-corrected chi connectivity index (χ2v) is 11.6. The summed E-state index contributed by atoms with van der Waals surface area (Å²) in [6, 6.07) is 3.18. The highest BCUT2D eigenvalue weighted by molar-refractivity contribution is 7.93. The highest BCUT2D eigenvalue weighted by Gasteiger charge is 2.35. The summed E-state index contributed by atoms with van der Waals surface area (Å²) in [5, 5.41) is 2.70. The van der Waals surface area contributed by atoms with Gasteiger partial charge in [-0.1, -0.05) is 6.92 Å². The van der Waals surface area contributed by atoms with Crippen molar-refractivity contribution in [2.75, 3.05) is 32.0 Å². The number of carbonyl (C=O) groups is 1. The molecular formula is C24H33N7O4S2. The zero-order valence-electron chi connectivity index (χ0n) is 21.5. The minimum atomic E-state index is -3.36. The predicted molar refractivity (Wildman–Crippen MR) is 144 cm³/mol. The van der Waals surface area contributed by atoms with Crippen LogP contribution in [0.1, 0.15) is 48.6 Å². The van der Waals surface area contributed by atoms with Gasteiger partial charge in [-0.25, -0.2) is 18.4 Å². The summed E-state index contributed by atoms with van der Waals surface area (Å²) in [4.78, 5) is 32.1. The lowest BCUT2D eigenvalue weighted by atomic mass is 10.3. The molecule has 1 fully saturated rings. The fourth-order valence-electron chi connectivity index (χ4n) is 3.14. The second-order valence-electron chi connectivity index (χ2n) is 8.57. The van der Waals surface area contributed by atoms with E-state index in [4.69, 9.17) is 4.74 Å². The average molecular weight is 548 g/mol. The largest absolute Gasteiger partial charge is 0.477 e. The summed E-state index contributed by atoms with van der Waals surface area (Å²) in [5.41, 5.74) is 1.52. The molecule has 0 atom stereocenters. The molecule has 11 nitrogen and oxygen atoms in total. The zero-order chi connectivity index (χ0) is 26.8. The Hall–Kier alpha value is -3.16. The third-order valence-electron chi connectivity index (χ3n) is 5.00. The lowest BCUT2D eigenvalue weighted by molar-refractivity contribution is 0.0950. The number of aromatic nitrogens is 4. The molecule has 200 valence electrons. The topological polar surface area (TPSA) is 139 Å². The Bertz CT molecular complexity index is 1280. The Balaban J connectivity index is 0.000000568. The fraction of sp³-hybridized carbons (Fsp3) is 0.458. The van der Waals surface area contributed by atoms with Crippen LogP contribution >= 0.6 is 11.3 Å². The van der Waals surface area contributed by atoms with E-state index >= 15 is 0 Å². The molecule has 1 aliphatic carbocycles. The van der Waals surface area contributed by atoms with Crippen molar-refractivity contribution in [2.24, 2.45) is 0 Å². The van der Waals surface area contributed by atoms with Gasteiger partial charge in [0.2, 0.25) is 15.9 Å². The Morgan fingerprint density at radius 3 is 2.62 bits per heavy atom. The van der Waals surface area contributed by atoms with Gasteiger partial charge in [0, 0.05) is 12.4 Å². The lowest BCUT2D eigenvalue weighted by Gasteiger charge is -2.08. The van der Waals surface area contributed by atoms with Crippen LogP contribution in [-0.2, 0) is 16.6 Å². The third kappa shape index (κ3) is 9.02. The van der Waals surface area contributed by atoms with Gasteiger partial charge in [-0.05, 0) is 59.0 Å². The van der Waals surface area contributed by atoms with Crippen LogP contribution in [0.4, 0.5) is 5.69 Å². The van der Waals surface area contributed by atoms with Crippen molar-refractivity contribution in [1.29, 1.82) is 0 Å². The summed E-state index contributed by atoms with van der Waals surface area (Å²) in [7, 11) is 0.819. The van der Waals surface area contributed by atoms with Crippen molar-refractivity contribution < 1.29 is 17.9 Å². The van der Waals surface area contributed by atoms with E-state index in [0.29, 0.717) is 47.3 Å². The zero-order valence-corrected chi connectivity index (χ0v) is 23.1. The molecule has 0 aromatic carbocycles. The van der Waals surface area contributed by atoms with Crippen LogP contribution in [-0.4, -0.2) is 71.7 Å². The molecule has 4 rings (SSSR count). The number of rotatable bonds is 11. The van der Waals surface area contributed by atoms with Crippen LogP contribution in [0.25, 0.3) is 10.6 Å². The first-order valence-electron chi connectivity index (χ1n) is 12.0. The Labute approximate surface area is 221 Å². The number of pyridine rings is 1. The number of carbonyl (C=O) groups excluding carboxylic acids is 1. The summed E-state index contributed by atoms with van der Waals surface area (Å²) in [6.45, 7) is 5.86. The third-order valence-corrected chi connectivity index (χ3v) is 7.89. The molecule has 1 aliphatic rings. The lowest BCUT2D eigenvalue weighted by Crippen LogP contribution is -2.23. The summed E-state index contributed by atoms with van der Waals surface area (Å²) < 4.78 is 32.1. The molecule has 0 radical (unpaired) electrons. The number of hydrogen-bond donors (Lipinski definition) is 2. The molecule has 0 aliphatic heterocycles. The average Bonchev–Trinajstić information content (AvgIpc) is 3.61. The van der Waals surface area contributed by atoms with Gasteiger partial charge in [0.25, 0.3) is 5.91 Å². The van der Waals surface area contributed by atoms with E-state index in [1.54, 1.807) is 24.5 Å². The van der Waals surface area contributed by atoms with E-state index in [-0.39, 0.29) is 22.7 Å². The first-order chi connectivity index (χ1) is 17.7. The number of thiazole rings is 1. The van der Waals surface area contributed by atoms with E-state index < -0.39 is 10.0 Å². The Morgan fingerprint density at radius 1 is 1.19 bits per heavy atom. The number of anilines is 1. The Morgan fingerprint density at radius 2 is 1.97 bits per heavy atom. The molecule has 0 saturated heterocycles. The number of amides is 1. The monoisotopic (exact) mass is 547 g/mol. The molecule has 1 amide bonds. The number of nitrogens with zero attached hydrogens (tertiary/aromatic N) is 5. The van der Waals surface area contributed by atoms with Crippen LogP contribution in [0.5, 0.6) is 5.88 Å². The molecule has 3 aromatic heterocycles. The van der Waals surface area contributed by atoms with Crippen LogP contribution in [0.2, 0.25) is 0 Å². The van der Waals surface area contributed by atoms with Crippen LogP contribution < -0.4 is 14.8 Å². The maximum absolute atomic E-state index is 12.5. The molecule has 3 aromatic rings.